The molecule has 0 bridgehead atoms. The van der Waals surface area contributed by atoms with E-state index in [0.717, 1.165) is 6.42 Å². The molecule has 0 amide bonds. The average molecular weight is 464 g/mol. The first-order valence-electron chi connectivity index (χ1n) is 13.0. The lowest BCUT2D eigenvalue weighted by molar-refractivity contribution is 0.647. The molecule has 7 rings (SSSR count). The highest BCUT2D eigenvalue weighted by Gasteiger charge is 2.51. The number of fused-ring (bicyclic) bond motifs is 9. The monoisotopic (exact) mass is 463 g/mol. The Bertz CT molecular complexity index is 1510. The van der Waals surface area contributed by atoms with Crippen molar-refractivity contribution in [3.8, 4) is 11.1 Å². The van der Waals surface area contributed by atoms with Crippen LogP contribution in [-0.4, -0.2) is 0 Å². The molecule has 1 spiro atoms. The van der Waals surface area contributed by atoms with E-state index in [-0.39, 0.29) is 5.41 Å². The van der Waals surface area contributed by atoms with Crippen LogP contribution in [0.3, 0.4) is 0 Å². The standard InChI is InChI=1S/C35H29N/c1-24(2)22-25-12-11-13-26(23-25)36-33-20-9-7-18-31(33)35(32-19-8-10-21-34(32)36)29-16-5-3-14-27(29)28-15-4-6-17-30(28)35/h3-21,23-24H,22H2,1-2H3. The van der Waals surface area contributed by atoms with Gasteiger partial charge in [0.05, 0.1) is 16.8 Å². The normalized spacial score (nSPS) is 14.4. The summed E-state index contributed by atoms with van der Waals surface area (Å²) in [5.74, 6) is 0.621. The zero-order valence-corrected chi connectivity index (χ0v) is 20.8. The predicted octanol–water partition coefficient (Wildman–Crippen LogP) is 9.03. The Kier molecular flexibility index (Phi) is 4.69. The van der Waals surface area contributed by atoms with Gasteiger partial charge in [-0.25, -0.2) is 0 Å². The Balaban J connectivity index is 1.57. The highest BCUT2D eigenvalue weighted by molar-refractivity contribution is 5.95. The van der Waals surface area contributed by atoms with Gasteiger partial charge in [-0.15, -0.1) is 0 Å². The first kappa shape index (κ1) is 21.2. The van der Waals surface area contributed by atoms with E-state index in [2.05, 4.69) is 140 Å². The number of para-hydroxylation sites is 2. The molecule has 2 aliphatic rings. The molecule has 0 radical (unpaired) electrons. The zero-order valence-electron chi connectivity index (χ0n) is 20.8. The van der Waals surface area contributed by atoms with Gasteiger partial charge in [-0.1, -0.05) is 111 Å². The molecule has 1 heteroatoms. The van der Waals surface area contributed by atoms with Gasteiger partial charge in [-0.3, -0.25) is 0 Å². The third kappa shape index (κ3) is 2.83. The van der Waals surface area contributed by atoms with E-state index < -0.39 is 0 Å². The van der Waals surface area contributed by atoms with Crippen molar-refractivity contribution in [2.24, 2.45) is 5.92 Å². The zero-order chi connectivity index (χ0) is 24.3. The molecule has 0 unspecified atom stereocenters. The molecule has 1 aliphatic carbocycles. The molecule has 0 fully saturated rings. The Morgan fingerprint density at radius 3 is 1.61 bits per heavy atom. The van der Waals surface area contributed by atoms with Crippen molar-refractivity contribution in [1.29, 1.82) is 0 Å². The number of benzene rings is 5. The Morgan fingerprint density at radius 1 is 0.556 bits per heavy atom. The average Bonchev–Trinajstić information content (AvgIpc) is 3.20. The van der Waals surface area contributed by atoms with E-state index in [1.165, 1.54) is 56.0 Å². The van der Waals surface area contributed by atoms with E-state index in [1.54, 1.807) is 0 Å². The third-order valence-corrected chi connectivity index (χ3v) is 7.86. The quantitative estimate of drug-likeness (QED) is 0.253. The Hall–Kier alpha value is -4.10. The van der Waals surface area contributed by atoms with E-state index in [0.29, 0.717) is 5.92 Å². The number of nitrogens with zero attached hydrogens (tertiary/aromatic N) is 1. The maximum Gasteiger partial charge on any atom is 0.0754 e. The van der Waals surface area contributed by atoms with E-state index in [1.807, 2.05) is 0 Å². The van der Waals surface area contributed by atoms with Crippen LogP contribution in [0, 0.1) is 5.92 Å². The summed E-state index contributed by atoms with van der Waals surface area (Å²) in [5, 5.41) is 0. The van der Waals surface area contributed by atoms with Gasteiger partial charge in [-0.05, 0) is 75.5 Å². The maximum absolute atomic E-state index is 2.48. The summed E-state index contributed by atoms with van der Waals surface area (Å²) in [5.41, 5.74) is 12.9. The molecule has 5 aromatic rings. The van der Waals surface area contributed by atoms with Crippen LogP contribution in [0.25, 0.3) is 11.1 Å². The molecular weight excluding hydrogens is 434 g/mol. The molecule has 1 heterocycles. The molecule has 5 aromatic carbocycles. The fraction of sp³-hybridized carbons (Fsp3) is 0.143. The molecule has 0 saturated heterocycles. The fourth-order valence-electron chi connectivity index (χ4n) is 6.63. The van der Waals surface area contributed by atoms with Crippen LogP contribution >= 0.6 is 0 Å². The van der Waals surface area contributed by atoms with Gasteiger partial charge in [0.25, 0.3) is 0 Å². The minimum Gasteiger partial charge on any atom is -0.310 e. The van der Waals surface area contributed by atoms with Crippen LogP contribution in [-0.2, 0) is 11.8 Å². The van der Waals surface area contributed by atoms with Crippen molar-refractivity contribution in [2.75, 3.05) is 4.90 Å². The van der Waals surface area contributed by atoms with E-state index in [9.17, 15) is 0 Å². The van der Waals surface area contributed by atoms with Crippen LogP contribution in [0.1, 0.15) is 41.7 Å². The first-order chi connectivity index (χ1) is 17.7. The molecule has 36 heavy (non-hydrogen) atoms. The Morgan fingerprint density at radius 2 is 1.06 bits per heavy atom. The summed E-state index contributed by atoms with van der Waals surface area (Å²) in [4.78, 5) is 2.48. The summed E-state index contributed by atoms with van der Waals surface area (Å²) in [6.07, 6.45) is 1.08. The summed E-state index contributed by atoms with van der Waals surface area (Å²) in [6.45, 7) is 4.58. The van der Waals surface area contributed by atoms with Crippen molar-refractivity contribution in [3.63, 3.8) is 0 Å². The van der Waals surface area contributed by atoms with Gasteiger partial charge in [0.1, 0.15) is 0 Å². The predicted molar refractivity (Wildman–Crippen MR) is 151 cm³/mol. The molecule has 0 saturated carbocycles. The summed E-state index contributed by atoms with van der Waals surface area (Å²) in [6, 6.07) is 45.1. The van der Waals surface area contributed by atoms with Gasteiger partial charge < -0.3 is 4.90 Å². The van der Waals surface area contributed by atoms with Crippen LogP contribution in [0.2, 0.25) is 0 Å². The molecule has 0 aromatic heterocycles. The molecule has 0 atom stereocenters. The lowest BCUT2D eigenvalue weighted by Crippen LogP contribution is -2.36. The van der Waals surface area contributed by atoms with Gasteiger partial charge >= 0.3 is 0 Å². The molecule has 174 valence electrons. The SMILES string of the molecule is CC(C)Cc1cccc(N2c3ccccc3C3(c4ccccc4-c4ccccc43)c3ccccc32)c1. The lowest BCUT2D eigenvalue weighted by atomic mass is 9.64. The van der Waals surface area contributed by atoms with Gasteiger partial charge in [0, 0.05) is 5.69 Å². The van der Waals surface area contributed by atoms with Gasteiger partial charge in [0.15, 0.2) is 0 Å². The first-order valence-corrected chi connectivity index (χ1v) is 13.0. The number of anilines is 3. The van der Waals surface area contributed by atoms with Gasteiger partial charge in [0.2, 0.25) is 0 Å². The number of hydrogen-bond acceptors (Lipinski definition) is 1. The maximum atomic E-state index is 2.48. The van der Waals surface area contributed by atoms with Crippen LogP contribution in [0.4, 0.5) is 17.1 Å². The van der Waals surface area contributed by atoms with Crippen molar-refractivity contribution < 1.29 is 0 Å². The minimum absolute atomic E-state index is 0.341. The second kappa shape index (κ2) is 7.96. The summed E-state index contributed by atoms with van der Waals surface area (Å²) >= 11 is 0. The van der Waals surface area contributed by atoms with Crippen LogP contribution in [0.5, 0.6) is 0 Å². The summed E-state index contributed by atoms with van der Waals surface area (Å²) in [7, 11) is 0. The van der Waals surface area contributed by atoms with Crippen LogP contribution < -0.4 is 4.90 Å². The van der Waals surface area contributed by atoms with Gasteiger partial charge in [-0.2, -0.15) is 0 Å². The molecular formula is C35H29N. The van der Waals surface area contributed by atoms with Crippen molar-refractivity contribution in [3.05, 3.63) is 149 Å². The number of hydrogen-bond donors (Lipinski definition) is 0. The topological polar surface area (TPSA) is 3.24 Å². The fourth-order valence-corrected chi connectivity index (χ4v) is 6.63. The molecule has 1 nitrogen and oxygen atoms in total. The van der Waals surface area contributed by atoms with Crippen LogP contribution in [0.15, 0.2) is 121 Å². The van der Waals surface area contributed by atoms with Crippen molar-refractivity contribution in [2.45, 2.75) is 25.7 Å². The second-order valence-corrected chi connectivity index (χ2v) is 10.5. The van der Waals surface area contributed by atoms with E-state index >= 15 is 0 Å². The largest absolute Gasteiger partial charge is 0.310 e. The van der Waals surface area contributed by atoms with Crippen molar-refractivity contribution in [1.82, 2.24) is 0 Å². The van der Waals surface area contributed by atoms with E-state index in [4.69, 9.17) is 0 Å². The minimum atomic E-state index is -0.341. The summed E-state index contributed by atoms with van der Waals surface area (Å²) < 4.78 is 0. The smallest absolute Gasteiger partial charge is 0.0754 e. The van der Waals surface area contributed by atoms with Crippen molar-refractivity contribution >= 4 is 17.1 Å². The third-order valence-electron chi connectivity index (χ3n) is 7.86. The molecule has 0 N–H and O–H groups in total. The highest BCUT2D eigenvalue weighted by atomic mass is 15.2. The second-order valence-electron chi connectivity index (χ2n) is 10.5. The highest BCUT2D eigenvalue weighted by Crippen LogP contribution is 2.63. The Labute approximate surface area is 213 Å². The number of rotatable bonds is 3. The molecule has 1 aliphatic heterocycles. The lowest BCUT2D eigenvalue weighted by Gasteiger charge is -2.45.